The maximum Gasteiger partial charge on any atom is 0.247 e. The zero-order valence-corrected chi connectivity index (χ0v) is 18.8. The summed E-state index contributed by atoms with van der Waals surface area (Å²) in [6.45, 7) is 5.93. The number of aromatic nitrogens is 1. The van der Waals surface area contributed by atoms with Crippen molar-refractivity contribution in [3.05, 3.63) is 46.8 Å². The molecule has 2 aliphatic rings. The van der Waals surface area contributed by atoms with Gasteiger partial charge in [0.05, 0.1) is 22.5 Å². The second kappa shape index (κ2) is 8.75. The average Bonchev–Trinajstić information content (AvgIpc) is 3.28. The van der Waals surface area contributed by atoms with Gasteiger partial charge in [-0.3, -0.25) is 19.3 Å². The number of amides is 3. The van der Waals surface area contributed by atoms with Gasteiger partial charge >= 0.3 is 0 Å². The molecule has 1 saturated heterocycles. The van der Waals surface area contributed by atoms with Crippen molar-refractivity contribution in [2.75, 3.05) is 5.32 Å². The van der Waals surface area contributed by atoms with Crippen molar-refractivity contribution < 1.29 is 14.4 Å². The van der Waals surface area contributed by atoms with E-state index in [9.17, 15) is 14.4 Å². The van der Waals surface area contributed by atoms with Gasteiger partial charge in [0.1, 0.15) is 6.04 Å². The lowest BCUT2D eigenvalue weighted by Crippen LogP contribution is -2.48. The van der Waals surface area contributed by atoms with Crippen LogP contribution in [-0.4, -0.2) is 33.6 Å². The molecule has 3 atom stereocenters. The van der Waals surface area contributed by atoms with Crippen molar-refractivity contribution in [1.82, 2.24) is 9.88 Å². The normalized spacial score (nSPS) is 21.5. The van der Waals surface area contributed by atoms with Gasteiger partial charge in [-0.15, -0.1) is 11.3 Å². The van der Waals surface area contributed by atoms with Gasteiger partial charge in [-0.05, 0) is 44.2 Å². The summed E-state index contributed by atoms with van der Waals surface area (Å²) < 4.78 is 0. The molecule has 0 radical (unpaired) electrons. The molecule has 1 aromatic carbocycles. The number of thiazole rings is 1. The monoisotopic (exact) mass is 437 g/mol. The summed E-state index contributed by atoms with van der Waals surface area (Å²) in [6, 6.07) is 6.68. The fourth-order valence-electron chi connectivity index (χ4n) is 4.39. The summed E-state index contributed by atoms with van der Waals surface area (Å²) in [7, 11) is 0. The van der Waals surface area contributed by atoms with E-state index in [1.54, 1.807) is 11.3 Å². The van der Waals surface area contributed by atoms with E-state index < -0.39 is 6.04 Å². The highest BCUT2D eigenvalue weighted by Gasteiger charge is 2.51. The number of fused-ring (bicyclic) bond motifs is 1. The minimum absolute atomic E-state index is 0.154. The maximum atomic E-state index is 13.3. The predicted octanol–water partition coefficient (Wildman–Crippen LogP) is 4.42. The van der Waals surface area contributed by atoms with Crippen molar-refractivity contribution in [3.63, 3.8) is 0 Å². The molecule has 31 heavy (non-hydrogen) atoms. The van der Waals surface area contributed by atoms with Crippen LogP contribution >= 0.6 is 11.3 Å². The number of nitrogens with zero attached hydrogens (tertiary/aromatic N) is 2. The predicted molar refractivity (Wildman–Crippen MR) is 121 cm³/mol. The third-order valence-corrected chi connectivity index (χ3v) is 6.67. The van der Waals surface area contributed by atoms with Crippen LogP contribution in [0, 0.1) is 24.7 Å². The number of benzene rings is 1. The molecule has 162 valence electrons. The van der Waals surface area contributed by atoms with E-state index >= 15 is 0 Å². The highest BCUT2D eigenvalue weighted by Crippen LogP contribution is 2.37. The summed E-state index contributed by atoms with van der Waals surface area (Å²) in [6.07, 6.45) is 5.48. The molecule has 0 spiro atoms. The van der Waals surface area contributed by atoms with Gasteiger partial charge in [0.25, 0.3) is 0 Å². The summed E-state index contributed by atoms with van der Waals surface area (Å²) in [4.78, 5) is 45.2. The van der Waals surface area contributed by atoms with E-state index in [1.165, 1.54) is 4.90 Å². The van der Waals surface area contributed by atoms with Crippen molar-refractivity contribution in [2.24, 2.45) is 17.8 Å². The van der Waals surface area contributed by atoms with Crippen LogP contribution in [0.1, 0.15) is 38.1 Å². The van der Waals surface area contributed by atoms with E-state index in [0.29, 0.717) is 24.9 Å². The first-order valence-corrected chi connectivity index (χ1v) is 11.6. The third-order valence-electron chi connectivity index (χ3n) is 5.90. The molecule has 6 nitrogen and oxygen atoms in total. The standard InChI is InChI=1S/C24H27N3O3S/c1-14(2)11-21(27-23(29)18-9-4-5-10-19(18)24(27)30)22(28)26-17-8-6-7-16(12-17)20-13-31-15(3)25-20/h4-8,12-14,18-19,21H,9-11H2,1-3H3,(H,26,28). The lowest BCUT2D eigenvalue weighted by atomic mass is 9.85. The molecule has 7 heteroatoms. The van der Waals surface area contributed by atoms with Crippen LogP contribution in [-0.2, 0) is 14.4 Å². The summed E-state index contributed by atoms with van der Waals surface area (Å²) in [5.41, 5.74) is 2.40. The topological polar surface area (TPSA) is 79.4 Å². The molecule has 1 aliphatic heterocycles. The average molecular weight is 438 g/mol. The quantitative estimate of drug-likeness (QED) is 0.536. The van der Waals surface area contributed by atoms with E-state index in [0.717, 1.165) is 16.3 Å². The molecule has 3 amide bonds. The summed E-state index contributed by atoms with van der Waals surface area (Å²) in [5, 5.41) is 5.90. The molecular weight excluding hydrogens is 410 g/mol. The highest BCUT2D eigenvalue weighted by molar-refractivity contribution is 7.09. The molecule has 3 unspecified atom stereocenters. The Labute approximate surface area is 186 Å². The van der Waals surface area contributed by atoms with Crippen LogP contribution in [0.25, 0.3) is 11.3 Å². The number of likely N-dealkylation sites (tertiary alicyclic amines) is 1. The number of carbonyl (C=O) groups excluding carboxylic acids is 3. The fourth-order valence-corrected chi connectivity index (χ4v) is 5.01. The van der Waals surface area contributed by atoms with Crippen molar-refractivity contribution in [1.29, 1.82) is 0 Å². The zero-order valence-electron chi connectivity index (χ0n) is 18.0. The van der Waals surface area contributed by atoms with E-state index in [4.69, 9.17) is 0 Å². The van der Waals surface area contributed by atoms with Gasteiger partial charge in [-0.2, -0.15) is 0 Å². The molecule has 0 bridgehead atoms. The first-order valence-electron chi connectivity index (χ1n) is 10.7. The van der Waals surface area contributed by atoms with E-state index in [1.807, 2.05) is 62.6 Å². The van der Waals surface area contributed by atoms with Crippen molar-refractivity contribution >= 4 is 34.7 Å². The second-order valence-corrected chi connectivity index (χ2v) is 9.73. The Morgan fingerprint density at radius 3 is 2.45 bits per heavy atom. The van der Waals surface area contributed by atoms with Gasteiger partial charge in [-0.25, -0.2) is 4.98 Å². The SMILES string of the molecule is Cc1nc(-c2cccc(NC(=O)C(CC(C)C)N3C(=O)C4CC=CCC4C3=O)c2)cs1. The van der Waals surface area contributed by atoms with Crippen LogP contribution in [0.4, 0.5) is 5.69 Å². The van der Waals surface area contributed by atoms with Crippen LogP contribution < -0.4 is 5.32 Å². The molecule has 1 aromatic heterocycles. The number of allylic oxidation sites excluding steroid dienone is 2. The Kier molecular flexibility index (Phi) is 6.05. The number of hydrogen-bond acceptors (Lipinski definition) is 5. The Morgan fingerprint density at radius 1 is 1.19 bits per heavy atom. The Bertz CT molecular complexity index is 1020. The number of imide groups is 1. The number of rotatable bonds is 6. The van der Waals surface area contributed by atoms with Gasteiger partial charge in [0.15, 0.2) is 0 Å². The van der Waals surface area contributed by atoms with Gasteiger partial charge in [0.2, 0.25) is 17.7 Å². The van der Waals surface area contributed by atoms with E-state index in [2.05, 4.69) is 10.3 Å². The number of aryl methyl sites for hydroxylation is 1. The highest BCUT2D eigenvalue weighted by atomic mass is 32.1. The Hall–Kier alpha value is -2.80. The Balaban J connectivity index is 1.57. The van der Waals surface area contributed by atoms with Crippen LogP contribution in [0.3, 0.4) is 0 Å². The largest absolute Gasteiger partial charge is 0.324 e. The minimum atomic E-state index is -0.809. The third kappa shape index (κ3) is 4.32. The van der Waals surface area contributed by atoms with Gasteiger partial charge < -0.3 is 5.32 Å². The first kappa shape index (κ1) is 21.4. The Morgan fingerprint density at radius 2 is 1.87 bits per heavy atom. The molecule has 4 rings (SSSR count). The van der Waals surface area contributed by atoms with Gasteiger partial charge in [-0.1, -0.05) is 38.1 Å². The first-order chi connectivity index (χ1) is 14.8. The zero-order chi connectivity index (χ0) is 22.1. The number of anilines is 1. The summed E-state index contributed by atoms with van der Waals surface area (Å²) >= 11 is 1.57. The molecule has 2 heterocycles. The maximum absolute atomic E-state index is 13.3. The second-order valence-electron chi connectivity index (χ2n) is 8.67. The van der Waals surface area contributed by atoms with Crippen molar-refractivity contribution in [2.45, 2.75) is 46.1 Å². The molecule has 0 saturated carbocycles. The van der Waals surface area contributed by atoms with Crippen LogP contribution in [0.2, 0.25) is 0 Å². The minimum Gasteiger partial charge on any atom is -0.324 e. The van der Waals surface area contributed by atoms with E-state index in [-0.39, 0.29) is 35.5 Å². The fraction of sp³-hybridized carbons (Fsp3) is 0.417. The number of carbonyl (C=O) groups is 3. The van der Waals surface area contributed by atoms with Crippen LogP contribution in [0.15, 0.2) is 41.8 Å². The smallest absolute Gasteiger partial charge is 0.247 e. The molecule has 1 fully saturated rings. The number of hydrogen-bond donors (Lipinski definition) is 1. The van der Waals surface area contributed by atoms with Gasteiger partial charge in [0, 0.05) is 16.6 Å². The number of nitrogens with one attached hydrogen (secondary N) is 1. The molecule has 1 aliphatic carbocycles. The lowest BCUT2D eigenvalue weighted by Gasteiger charge is -2.27. The van der Waals surface area contributed by atoms with Crippen molar-refractivity contribution in [3.8, 4) is 11.3 Å². The van der Waals surface area contributed by atoms with Crippen LogP contribution in [0.5, 0.6) is 0 Å². The molecular formula is C24H27N3O3S. The molecule has 1 N–H and O–H groups in total. The lowest BCUT2D eigenvalue weighted by molar-refractivity contribution is -0.147. The summed E-state index contributed by atoms with van der Waals surface area (Å²) in [5.74, 6) is -1.28. The molecule has 2 aromatic rings.